The number of ether oxygens (including phenoxy) is 1. The van der Waals surface area contributed by atoms with Gasteiger partial charge in [-0.15, -0.1) is 0 Å². The minimum atomic E-state index is -0.419. The van der Waals surface area contributed by atoms with Crippen LogP contribution in [0.3, 0.4) is 0 Å². The third-order valence-corrected chi connectivity index (χ3v) is 3.97. The maximum Gasteiger partial charge on any atom is 0.291 e. The smallest absolute Gasteiger partial charge is 0.291 e. The van der Waals surface area contributed by atoms with E-state index in [-0.39, 0.29) is 22.7 Å². The highest BCUT2D eigenvalue weighted by Gasteiger charge is 2.20. The van der Waals surface area contributed by atoms with Crippen LogP contribution in [0, 0.1) is 6.92 Å². The molecule has 1 atom stereocenters. The van der Waals surface area contributed by atoms with Gasteiger partial charge in [-0.3, -0.25) is 14.7 Å². The summed E-state index contributed by atoms with van der Waals surface area (Å²) in [6.07, 6.45) is 3.47. The first-order valence-electron chi connectivity index (χ1n) is 6.74. The molecule has 2 aromatic rings. The minimum absolute atomic E-state index is 0.0423. The molecule has 7 nitrogen and oxygen atoms in total. The van der Waals surface area contributed by atoms with Gasteiger partial charge in [0.25, 0.3) is 11.5 Å². The Labute approximate surface area is 125 Å². The van der Waals surface area contributed by atoms with Crippen molar-refractivity contribution in [3.8, 4) is 0 Å². The lowest BCUT2D eigenvalue weighted by Gasteiger charge is -2.10. The van der Waals surface area contributed by atoms with Crippen LogP contribution in [0.4, 0.5) is 0 Å². The number of H-pyrrole nitrogens is 1. The zero-order chi connectivity index (χ0) is 15.0. The van der Waals surface area contributed by atoms with Crippen molar-refractivity contribution >= 4 is 23.2 Å². The van der Waals surface area contributed by atoms with Crippen molar-refractivity contribution < 1.29 is 9.53 Å². The molecule has 3 heterocycles. The van der Waals surface area contributed by atoms with Crippen LogP contribution in [0.25, 0.3) is 5.65 Å². The Hall–Kier alpha value is -1.86. The van der Waals surface area contributed by atoms with Crippen molar-refractivity contribution in [3.05, 3.63) is 32.8 Å². The number of amides is 1. The van der Waals surface area contributed by atoms with Crippen LogP contribution in [0.2, 0.25) is 5.02 Å². The highest BCUT2D eigenvalue weighted by atomic mass is 35.5. The summed E-state index contributed by atoms with van der Waals surface area (Å²) in [5.74, 6) is -0.294. The zero-order valence-corrected chi connectivity index (χ0v) is 12.2. The number of aryl methyl sites for hydroxylation is 1. The number of fused-ring (bicyclic) bond motifs is 1. The normalized spacial score (nSPS) is 18.3. The van der Waals surface area contributed by atoms with Gasteiger partial charge in [-0.25, -0.2) is 4.98 Å². The fourth-order valence-corrected chi connectivity index (χ4v) is 2.50. The lowest BCUT2D eigenvalue weighted by molar-refractivity contribution is 0.0859. The molecule has 0 bridgehead atoms. The highest BCUT2D eigenvalue weighted by Crippen LogP contribution is 2.13. The van der Waals surface area contributed by atoms with E-state index in [1.807, 2.05) is 0 Å². The quantitative estimate of drug-likeness (QED) is 0.881. The number of carbonyl (C=O) groups excluding carboxylic acids is 1. The SMILES string of the molecule is Cc1nc2c(C(=O)NCC3CCCO3)c[nH]n2c(=O)c1Cl. The van der Waals surface area contributed by atoms with E-state index in [1.165, 1.54) is 6.20 Å². The van der Waals surface area contributed by atoms with Crippen LogP contribution in [0.1, 0.15) is 28.9 Å². The number of nitrogens with zero attached hydrogens (tertiary/aromatic N) is 2. The van der Waals surface area contributed by atoms with Crippen molar-refractivity contribution in [3.63, 3.8) is 0 Å². The number of carbonyl (C=O) groups is 1. The predicted octanol–water partition coefficient (Wildman–Crippen LogP) is 0.893. The molecule has 0 aliphatic carbocycles. The molecule has 112 valence electrons. The molecule has 0 saturated carbocycles. The molecular weight excluding hydrogens is 296 g/mol. The van der Waals surface area contributed by atoms with Crippen molar-refractivity contribution in [2.45, 2.75) is 25.9 Å². The van der Waals surface area contributed by atoms with Gasteiger partial charge in [0.15, 0.2) is 5.65 Å². The number of nitrogens with one attached hydrogen (secondary N) is 2. The summed E-state index contributed by atoms with van der Waals surface area (Å²) in [6.45, 7) is 2.82. The van der Waals surface area contributed by atoms with Gasteiger partial charge in [-0.05, 0) is 19.8 Å². The van der Waals surface area contributed by atoms with E-state index in [0.717, 1.165) is 24.0 Å². The van der Waals surface area contributed by atoms with E-state index < -0.39 is 5.56 Å². The van der Waals surface area contributed by atoms with Crippen molar-refractivity contribution in [1.82, 2.24) is 19.9 Å². The molecule has 0 radical (unpaired) electrons. The maximum atomic E-state index is 12.2. The van der Waals surface area contributed by atoms with Gasteiger partial charge < -0.3 is 10.1 Å². The topological polar surface area (TPSA) is 88.5 Å². The van der Waals surface area contributed by atoms with Crippen molar-refractivity contribution in [2.24, 2.45) is 0 Å². The summed E-state index contributed by atoms with van der Waals surface area (Å²) in [6, 6.07) is 0. The van der Waals surface area contributed by atoms with Gasteiger partial charge in [-0.2, -0.15) is 4.52 Å². The Bertz CT molecular complexity index is 746. The van der Waals surface area contributed by atoms with E-state index in [0.29, 0.717) is 17.8 Å². The number of hydrogen-bond donors (Lipinski definition) is 2. The zero-order valence-electron chi connectivity index (χ0n) is 11.5. The molecule has 1 unspecified atom stereocenters. The second-order valence-electron chi connectivity index (χ2n) is 5.01. The molecule has 21 heavy (non-hydrogen) atoms. The molecule has 0 aromatic carbocycles. The van der Waals surface area contributed by atoms with E-state index in [4.69, 9.17) is 16.3 Å². The van der Waals surface area contributed by atoms with Gasteiger partial charge in [0.1, 0.15) is 10.6 Å². The van der Waals surface area contributed by atoms with Crippen molar-refractivity contribution in [1.29, 1.82) is 0 Å². The summed E-state index contributed by atoms with van der Waals surface area (Å²) in [4.78, 5) is 28.4. The van der Waals surface area contributed by atoms with E-state index in [2.05, 4.69) is 15.4 Å². The second kappa shape index (κ2) is 5.50. The van der Waals surface area contributed by atoms with Crippen LogP contribution in [0.15, 0.2) is 11.0 Å². The summed E-state index contributed by atoms with van der Waals surface area (Å²) in [7, 11) is 0. The Balaban J connectivity index is 1.86. The Morgan fingerprint density at radius 3 is 3.19 bits per heavy atom. The molecular formula is C13H15ClN4O3. The predicted molar refractivity (Wildman–Crippen MR) is 76.9 cm³/mol. The van der Waals surface area contributed by atoms with E-state index in [9.17, 15) is 9.59 Å². The number of aromatic nitrogens is 3. The Kier molecular flexibility index (Phi) is 3.69. The van der Waals surface area contributed by atoms with Crippen LogP contribution >= 0.6 is 11.6 Å². The average Bonchev–Trinajstić information content (AvgIpc) is 3.11. The molecule has 2 aromatic heterocycles. The first-order chi connectivity index (χ1) is 10.1. The van der Waals surface area contributed by atoms with E-state index >= 15 is 0 Å². The van der Waals surface area contributed by atoms with Gasteiger partial charge in [-0.1, -0.05) is 11.6 Å². The maximum absolute atomic E-state index is 12.2. The van der Waals surface area contributed by atoms with Crippen LogP contribution in [0.5, 0.6) is 0 Å². The lowest BCUT2D eigenvalue weighted by atomic mass is 10.2. The summed E-state index contributed by atoms with van der Waals surface area (Å²) >= 11 is 5.86. The van der Waals surface area contributed by atoms with Gasteiger partial charge in [0, 0.05) is 19.3 Å². The molecule has 1 aliphatic heterocycles. The molecule has 0 spiro atoms. The number of hydrogen-bond acceptors (Lipinski definition) is 4. The number of aromatic amines is 1. The molecule has 1 saturated heterocycles. The van der Waals surface area contributed by atoms with Crippen LogP contribution in [-0.2, 0) is 4.74 Å². The minimum Gasteiger partial charge on any atom is -0.376 e. The third kappa shape index (κ3) is 2.54. The summed E-state index contributed by atoms with van der Waals surface area (Å²) in [5, 5.41) is 5.54. The van der Waals surface area contributed by atoms with Gasteiger partial charge in [0.2, 0.25) is 0 Å². The third-order valence-electron chi connectivity index (χ3n) is 3.53. The standard InChI is InChI=1S/C13H15ClN4O3/c1-7-10(14)13(20)18-11(17-7)9(6-16-18)12(19)15-5-8-3-2-4-21-8/h6,8,16H,2-5H2,1H3,(H,15,19). The van der Waals surface area contributed by atoms with Crippen LogP contribution in [-0.4, -0.2) is 39.8 Å². The van der Waals surface area contributed by atoms with E-state index in [1.54, 1.807) is 6.92 Å². The first kappa shape index (κ1) is 14.1. The number of rotatable bonds is 3. The molecule has 1 fully saturated rings. The fourth-order valence-electron chi connectivity index (χ4n) is 2.38. The van der Waals surface area contributed by atoms with Crippen molar-refractivity contribution in [2.75, 3.05) is 13.2 Å². The summed E-state index contributed by atoms with van der Waals surface area (Å²) < 4.78 is 6.61. The monoisotopic (exact) mass is 310 g/mol. The first-order valence-corrected chi connectivity index (χ1v) is 7.12. The Morgan fingerprint density at radius 1 is 1.67 bits per heavy atom. The molecule has 2 N–H and O–H groups in total. The average molecular weight is 311 g/mol. The fraction of sp³-hybridized carbons (Fsp3) is 0.462. The summed E-state index contributed by atoms with van der Waals surface area (Å²) in [5.41, 5.74) is 0.559. The van der Waals surface area contributed by atoms with Gasteiger partial charge >= 0.3 is 0 Å². The lowest BCUT2D eigenvalue weighted by Crippen LogP contribution is -2.32. The largest absolute Gasteiger partial charge is 0.376 e. The highest BCUT2D eigenvalue weighted by molar-refractivity contribution is 6.31. The van der Waals surface area contributed by atoms with Gasteiger partial charge in [0.05, 0.1) is 11.8 Å². The molecule has 1 aliphatic rings. The number of halogens is 1. The molecule has 3 rings (SSSR count). The van der Waals surface area contributed by atoms with Crippen LogP contribution < -0.4 is 10.9 Å². The molecule has 8 heteroatoms. The Morgan fingerprint density at radius 2 is 2.48 bits per heavy atom. The second-order valence-corrected chi connectivity index (χ2v) is 5.39. The molecule has 1 amide bonds.